The number of hydrogen-bond donors (Lipinski definition) is 0. The average molecular weight is 266 g/mol. The van der Waals surface area contributed by atoms with Crippen molar-refractivity contribution in [3.63, 3.8) is 0 Å². The Bertz CT molecular complexity index is 551. The van der Waals surface area contributed by atoms with E-state index in [1.165, 1.54) is 6.07 Å². The number of rotatable bonds is 0. The summed E-state index contributed by atoms with van der Waals surface area (Å²) >= 11 is 11.2. The van der Waals surface area contributed by atoms with Crippen LogP contribution < -0.4 is 0 Å². The van der Waals surface area contributed by atoms with Crippen LogP contribution in [0.4, 0.5) is 13.2 Å². The van der Waals surface area contributed by atoms with Crippen molar-refractivity contribution in [3.05, 3.63) is 40.0 Å². The molecule has 1 nitrogen and oxygen atoms in total. The molecular formula is C10H4Cl2F3N. The fourth-order valence-electron chi connectivity index (χ4n) is 1.33. The van der Waals surface area contributed by atoms with Crippen molar-refractivity contribution in [3.8, 4) is 0 Å². The van der Waals surface area contributed by atoms with Crippen molar-refractivity contribution in [2.75, 3.05) is 0 Å². The molecule has 1 aromatic heterocycles. The molecule has 1 heterocycles. The van der Waals surface area contributed by atoms with Crippen LogP contribution in [-0.4, -0.2) is 4.98 Å². The number of benzene rings is 1. The molecule has 0 fully saturated rings. The van der Waals surface area contributed by atoms with Gasteiger partial charge in [0.2, 0.25) is 0 Å². The molecule has 84 valence electrons. The predicted octanol–water partition coefficient (Wildman–Crippen LogP) is 4.56. The Hall–Kier alpha value is -1.00. The van der Waals surface area contributed by atoms with Crippen molar-refractivity contribution in [2.45, 2.75) is 6.18 Å². The number of nitrogens with zero attached hydrogens (tertiary/aromatic N) is 1. The summed E-state index contributed by atoms with van der Waals surface area (Å²) in [6.45, 7) is 0. The summed E-state index contributed by atoms with van der Waals surface area (Å²) < 4.78 is 37.6. The molecule has 0 aliphatic rings. The second-order valence-corrected chi connectivity index (χ2v) is 3.90. The normalized spacial score (nSPS) is 12.1. The van der Waals surface area contributed by atoms with Crippen molar-refractivity contribution in [2.24, 2.45) is 0 Å². The van der Waals surface area contributed by atoms with Gasteiger partial charge in [0.05, 0.1) is 11.1 Å². The molecule has 0 aliphatic carbocycles. The van der Waals surface area contributed by atoms with E-state index >= 15 is 0 Å². The van der Waals surface area contributed by atoms with E-state index < -0.39 is 16.9 Å². The van der Waals surface area contributed by atoms with Gasteiger partial charge in [0.15, 0.2) is 0 Å². The SMILES string of the molecule is FC(F)(F)c1cc2c(Cl)cccc2nc1Cl. The standard InChI is InChI=1S/C10H4Cl2F3N/c11-7-2-1-3-8-5(7)4-6(9(12)16-8)10(13,14)15/h1-4H. The molecule has 0 spiro atoms. The lowest BCUT2D eigenvalue weighted by Crippen LogP contribution is -2.07. The van der Waals surface area contributed by atoms with Gasteiger partial charge in [-0.25, -0.2) is 4.98 Å². The van der Waals surface area contributed by atoms with E-state index in [0.29, 0.717) is 5.52 Å². The zero-order valence-corrected chi connectivity index (χ0v) is 9.16. The summed E-state index contributed by atoms with van der Waals surface area (Å²) in [5, 5.41) is -0.115. The summed E-state index contributed by atoms with van der Waals surface area (Å²) in [6.07, 6.45) is -4.53. The summed E-state index contributed by atoms with van der Waals surface area (Å²) in [6, 6.07) is 5.56. The molecule has 0 aliphatic heterocycles. The maximum atomic E-state index is 12.5. The third kappa shape index (κ3) is 1.95. The number of pyridine rings is 1. The molecule has 0 saturated carbocycles. The maximum Gasteiger partial charge on any atom is 0.419 e. The summed E-state index contributed by atoms with van der Waals surface area (Å²) in [4.78, 5) is 3.66. The third-order valence-electron chi connectivity index (χ3n) is 2.06. The van der Waals surface area contributed by atoms with Crippen molar-refractivity contribution in [1.29, 1.82) is 0 Å². The minimum atomic E-state index is -4.53. The molecule has 0 atom stereocenters. The lowest BCUT2D eigenvalue weighted by molar-refractivity contribution is -0.137. The molecule has 0 saturated heterocycles. The Morgan fingerprint density at radius 1 is 1.12 bits per heavy atom. The van der Waals surface area contributed by atoms with Crippen LogP contribution in [0.2, 0.25) is 10.2 Å². The third-order valence-corrected chi connectivity index (χ3v) is 2.68. The lowest BCUT2D eigenvalue weighted by atomic mass is 10.1. The summed E-state index contributed by atoms with van der Waals surface area (Å²) in [5.74, 6) is 0. The maximum absolute atomic E-state index is 12.5. The number of hydrogen-bond acceptors (Lipinski definition) is 1. The van der Waals surface area contributed by atoms with Gasteiger partial charge in [-0.2, -0.15) is 13.2 Å². The summed E-state index contributed by atoms with van der Waals surface area (Å²) in [7, 11) is 0. The molecular weight excluding hydrogens is 262 g/mol. The molecule has 0 N–H and O–H groups in total. The first-order chi connectivity index (χ1) is 7.39. The number of halogens is 5. The lowest BCUT2D eigenvalue weighted by Gasteiger charge is -2.09. The molecule has 0 amide bonds. The van der Waals surface area contributed by atoms with E-state index in [-0.39, 0.29) is 10.4 Å². The molecule has 0 bridgehead atoms. The first kappa shape index (κ1) is 11.5. The fourth-order valence-corrected chi connectivity index (χ4v) is 1.81. The zero-order chi connectivity index (χ0) is 11.9. The van der Waals surface area contributed by atoms with Crippen molar-refractivity contribution >= 4 is 34.1 Å². The fraction of sp³-hybridized carbons (Fsp3) is 0.100. The van der Waals surface area contributed by atoms with Gasteiger partial charge in [0, 0.05) is 10.4 Å². The highest BCUT2D eigenvalue weighted by Gasteiger charge is 2.34. The van der Waals surface area contributed by atoms with Gasteiger partial charge >= 0.3 is 6.18 Å². The number of aromatic nitrogens is 1. The van der Waals surface area contributed by atoms with Crippen LogP contribution in [0.25, 0.3) is 10.9 Å². The topological polar surface area (TPSA) is 12.9 Å². The molecule has 16 heavy (non-hydrogen) atoms. The van der Waals surface area contributed by atoms with E-state index in [2.05, 4.69) is 4.98 Å². The smallest absolute Gasteiger partial charge is 0.235 e. The molecule has 0 unspecified atom stereocenters. The van der Waals surface area contributed by atoms with Crippen LogP contribution >= 0.6 is 23.2 Å². The Balaban J connectivity index is 2.80. The van der Waals surface area contributed by atoms with Gasteiger partial charge in [0.1, 0.15) is 5.15 Å². The van der Waals surface area contributed by atoms with Gasteiger partial charge in [-0.3, -0.25) is 0 Å². The Kier molecular flexibility index (Phi) is 2.72. The van der Waals surface area contributed by atoms with Crippen LogP contribution in [0, 0.1) is 0 Å². The molecule has 6 heteroatoms. The van der Waals surface area contributed by atoms with Gasteiger partial charge in [-0.1, -0.05) is 29.3 Å². The van der Waals surface area contributed by atoms with Crippen LogP contribution in [0.15, 0.2) is 24.3 Å². The van der Waals surface area contributed by atoms with Gasteiger partial charge < -0.3 is 0 Å². The summed E-state index contributed by atoms with van der Waals surface area (Å²) in [5.41, 5.74) is -0.639. The van der Waals surface area contributed by atoms with E-state index in [9.17, 15) is 13.2 Å². The van der Waals surface area contributed by atoms with Crippen molar-refractivity contribution in [1.82, 2.24) is 4.98 Å². The van der Waals surface area contributed by atoms with Crippen LogP contribution in [-0.2, 0) is 6.18 Å². The average Bonchev–Trinajstić information content (AvgIpc) is 2.15. The van der Waals surface area contributed by atoms with Crippen LogP contribution in [0.1, 0.15) is 5.56 Å². The van der Waals surface area contributed by atoms with Gasteiger partial charge in [-0.05, 0) is 18.2 Å². The first-order valence-electron chi connectivity index (χ1n) is 4.21. The molecule has 2 rings (SSSR count). The van der Waals surface area contributed by atoms with E-state index in [4.69, 9.17) is 23.2 Å². The second-order valence-electron chi connectivity index (χ2n) is 3.13. The van der Waals surface area contributed by atoms with Gasteiger partial charge in [-0.15, -0.1) is 0 Å². The second kappa shape index (κ2) is 3.79. The van der Waals surface area contributed by atoms with Crippen molar-refractivity contribution < 1.29 is 13.2 Å². The van der Waals surface area contributed by atoms with E-state index in [1.54, 1.807) is 12.1 Å². The quantitative estimate of drug-likeness (QED) is 0.637. The predicted molar refractivity (Wildman–Crippen MR) is 56.8 cm³/mol. The Labute approximate surface area is 98.8 Å². The molecule has 0 radical (unpaired) electrons. The highest BCUT2D eigenvalue weighted by molar-refractivity contribution is 6.36. The first-order valence-corrected chi connectivity index (χ1v) is 4.97. The number of fused-ring (bicyclic) bond motifs is 1. The van der Waals surface area contributed by atoms with Gasteiger partial charge in [0.25, 0.3) is 0 Å². The number of alkyl halides is 3. The highest BCUT2D eigenvalue weighted by Crippen LogP contribution is 2.36. The zero-order valence-electron chi connectivity index (χ0n) is 7.65. The monoisotopic (exact) mass is 265 g/mol. The minimum Gasteiger partial charge on any atom is -0.235 e. The largest absolute Gasteiger partial charge is 0.419 e. The van der Waals surface area contributed by atoms with Crippen LogP contribution in [0.5, 0.6) is 0 Å². The molecule has 1 aromatic carbocycles. The molecule has 2 aromatic rings. The minimum absolute atomic E-state index is 0.215. The van der Waals surface area contributed by atoms with E-state index in [0.717, 1.165) is 6.07 Å². The highest BCUT2D eigenvalue weighted by atomic mass is 35.5. The van der Waals surface area contributed by atoms with E-state index in [1.807, 2.05) is 0 Å². The van der Waals surface area contributed by atoms with Crippen LogP contribution in [0.3, 0.4) is 0 Å². The Morgan fingerprint density at radius 2 is 1.81 bits per heavy atom. The Morgan fingerprint density at radius 3 is 2.44 bits per heavy atom.